The molecule has 1 amide bonds. The molecular weight excluding hydrogens is 324 g/mol. The summed E-state index contributed by atoms with van der Waals surface area (Å²) in [7, 11) is -3.43. The van der Waals surface area contributed by atoms with E-state index in [-0.39, 0.29) is 18.4 Å². The Hall–Kier alpha value is -1.11. The van der Waals surface area contributed by atoms with Crippen LogP contribution in [-0.4, -0.2) is 26.6 Å². The summed E-state index contributed by atoms with van der Waals surface area (Å²) in [5.41, 5.74) is 0.702. The number of benzene rings is 1. The summed E-state index contributed by atoms with van der Waals surface area (Å²) in [6.45, 7) is 3.98. The lowest BCUT2D eigenvalue weighted by atomic mass is 10.0. The summed E-state index contributed by atoms with van der Waals surface area (Å²) in [5.74, 6) is -0.183. The predicted octanol–water partition coefficient (Wildman–Crippen LogP) is 2.63. The van der Waals surface area contributed by atoms with E-state index in [2.05, 4.69) is 10.0 Å². The van der Waals surface area contributed by atoms with Gasteiger partial charge >= 0.3 is 0 Å². The van der Waals surface area contributed by atoms with E-state index >= 15 is 0 Å². The minimum atomic E-state index is -3.43. The molecule has 2 N–H and O–H groups in total. The van der Waals surface area contributed by atoms with Gasteiger partial charge in [-0.3, -0.25) is 4.79 Å². The first kappa shape index (κ1) is 18.9. The third-order valence-electron chi connectivity index (χ3n) is 3.15. The van der Waals surface area contributed by atoms with Gasteiger partial charge in [0.1, 0.15) is 0 Å². The molecular formula is C15H23ClN2O3S. The second-order valence-electron chi connectivity index (χ2n) is 5.46. The van der Waals surface area contributed by atoms with E-state index in [1.165, 1.54) is 0 Å². The number of carbonyl (C=O) groups is 1. The van der Waals surface area contributed by atoms with Crippen LogP contribution >= 0.6 is 11.6 Å². The van der Waals surface area contributed by atoms with E-state index in [4.69, 9.17) is 11.6 Å². The summed E-state index contributed by atoms with van der Waals surface area (Å²) >= 11 is 5.84. The third kappa shape index (κ3) is 7.24. The Morgan fingerprint density at radius 1 is 1.27 bits per heavy atom. The van der Waals surface area contributed by atoms with Crippen LogP contribution in [0.3, 0.4) is 0 Å². The number of carbonyl (C=O) groups excluding carboxylic acids is 1. The highest BCUT2D eigenvalue weighted by Crippen LogP contribution is 2.20. The molecule has 22 heavy (non-hydrogen) atoms. The van der Waals surface area contributed by atoms with E-state index in [1.54, 1.807) is 24.3 Å². The van der Waals surface area contributed by atoms with Crippen LogP contribution in [0.15, 0.2) is 24.3 Å². The molecule has 7 heteroatoms. The van der Waals surface area contributed by atoms with Crippen LogP contribution in [0.25, 0.3) is 0 Å². The second-order valence-corrected chi connectivity index (χ2v) is 7.67. The lowest BCUT2D eigenvalue weighted by Gasteiger charge is -2.19. The minimum Gasteiger partial charge on any atom is -0.354 e. The normalized spacial score (nSPS) is 14.4. The van der Waals surface area contributed by atoms with Crippen molar-refractivity contribution >= 4 is 27.5 Å². The molecule has 0 spiro atoms. The van der Waals surface area contributed by atoms with Gasteiger partial charge < -0.3 is 5.32 Å². The Balaban J connectivity index is 2.82. The summed E-state index contributed by atoms with van der Waals surface area (Å²) in [4.78, 5) is 12.1. The van der Waals surface area contributed by atoms with Crippen molar-refractivity contribution in [1.29, 1.82) is 0 Å². The number of sulfonamides is 1. The first-order valence-corrected chi connectivity index (χ1v) is 9.50. The summed E-state index contributed by atoms with van der Waals surface area (Å²) in [6, 6.07) is 6.24. The molecule has 0 aromatic heterocycles. The third-order valence-corrected chi connectivity index (χ3v) is 4.11. The first-order valence-electron chi connectivity index (χ1n) is 7.23. The second kappa shape index (κ2) is 8.50. The van der Waals surface area contributed by atoms with Crippen molar-refractivity contribution in [2.45, 2.75) is 45.2 Å². The fourth-order valence-corrected chi connectivity index (χ4v) is 3.07. The van der Waals surface area contributed by atoms with Gasteiger partial charge in [0.05, 0.1) is 12.3 Å². The molecule has 0 aliphatic carbocycles. The van der Waals surface area contributed by atoms with Gasteiger partial charge in [-0.15, -0.1) is 0 Å². The highest BCUT2D eigenvalue weighted by molar-refractivity contribution is 7.88. The van der Waals surface area contributed by atoms with Crippen LogP contribution in [0.4, 0.5) is 0 Å². The average molecular weight is 347 g/mol. The van der Waals surface area contributed by atoms with Crippen molar-refractivity contribution in [1.82, 2.24) is 10.0 Å². The molecule has 1 aromatic carbocycles. The Labute approximate surface area is 137 Å². The molecule has 5 nitrogen and oxygen atoms in total. The maximum Gasteiger partial charge on any atom is 0.222 e. The highest BCUT2D eigenvalue weighted by atomic mass is 35.5. The van der Waals surface area contributed by atoms with Gasteiger partial charge in [0, 0.05) is 17.5 Å². The Morgan fingerprint density at radius 2 is 1.86 bits per heavy atom. The Kier molecular flexibility index (Phi) is 7.32. The van der Waals surface area contributed by atoms with Gasteiger partial charge in [-0.1, -0.05) is 37.1 Å². The van der Waals surface area contributed by atoms with Crippen LogP contribution < -0.4 is 10.0 Å². The van der Waals surface area contributed by atoms with Crippen molar-refractivity contribution in [3.8, 4) is 0 Å². The predicted molar refractivity (Wildman–Crippen MR) is 89.3 cm³/mol. The zero-order valence-electron chi connectivity index (χ0n) is 13.1. The zero-order valence-corrected chi connectivity index (χ0v) is 14.7. The molecule has 0 heterocycles. The molecule has 0 saturated carbocycles. The summed E-state index contributed by atoms with van der Waals surface area (Å²) in [5, 5.41) is 3.44. The van der Waals surface area contributed by atoms with E-state index < -0.39 is 16.1 Å². The highest BCUT2D eigenvalue weighted by Gasteiger charge is 2.20. The van der Waals surface area contributed by atoms with Crippen molar-refractivity contribution in [2.24, 2.45) is 0 Å². The van der Waals surface area contributed by atoms with E-state index in [0.717, 1.165) is 19.1 Å². The number of hydrogen-bond acceptors (Lipinski definition) is 3. The smallest absolute Gasteiger partial charge is 0.222 e. The van der Waals surface area contributed by atoms with E-state index in [1.807, 2.05) is 13.8 Å². The molecule has 2 atom stereocenters. The molecule has 0 aliphatic rings. The van der Waals surface area contributed by atoms with Crippen LogP contribution in [0.5, 0.6) is 0 Å². The van der Waals surface area contributed by atoms with Gasteiger partial charge in [-0.05, 0) is 31.0 Å². The molecule has 0 aliphatic heterocycles. The number of halogens is 1. The maximum absolute atomic E-state index is 12.1. The van der Waals surface area contributed by atoms with Gasteiger partial charge in [-0.25, -0.2) is 13.1 Å². The monoisotopic (exact) mass is 346 g/mol. The van der Waals surface area contributed by atoms with Gasteiger partial charge in [-0.2, -0.15) is 0 Å². The molecule has 1 rings (SSSR count). The lowest BCUT2D eigenvalue weighted by Crippen LogP contribution is -2.36. The molecule has 0 fully saturated rings. The van der Waals surface area contributed by atoms with Crippen molar-refractivity contribution < 1.29 is 13.2 Å². The summed E-state index contributed by atoms with van der Waals surface area (Å²) in [6.07, 6.45) is 2.98. The molecule has 1 aromatic rings. The van der Waals surface area contributed by atoms with Gasteiger partial charge in [0.15, 0.2) is 0 Å². The number of amides is 1. The molecule has 0 unspecified atom stereocenters. The van der Waals surface area contributed by atoms with Crippen molar-refractivity contribution in [2.75, 3.05) is 6.26 Å². The van der Waals surface area contributed by atoms with Gasteiger partial charge in [0.2, 0.25) is 15.9 Å². The van der Waals surface area contributed by atoms with Crippen LogP contribution in [0, 0.1) is 0 Å². The number of rotatable bonds is 8. The first-order chi connectivity index (χ1) is 10.2. The van der Waals surface area contributed by atoms with E-state index in [9.17, 15) is 13.2 Å². The van der Waals surface area contributed by atoms with Crippen LogP contribution in [-0.2, 0) is 14.8 Å². The molecule has 0 bridgehead atoms. The van der Waals surface area contributed by atoms with E-state index in [0.29, 0.717) is 10.6 Å². The Bertz CT molecular complexity index is 587. The molecule has 124 valence electrons. The topological polar surface area (TPSA) is 75.3 Å². The fourth-order valence-electron chi connectivity index (χ4n) is 2.21. The maximum atomic E-state index is 12.1. The number of nitrogens with one attached hydrogen (secondary N) is 2. The minimum absolute atomic E-state index is 0.0444. The standard InChI is InChI=1S/C15H23ClN2O3S/c1-4-5-11(2)17-15(19)10-14(18-22(3,20)21)12-6-8-13(16)9-7-12/h6-9,11,14,18H,4-5,10H2,1-3H3,(H,17,19)/t11-,14-/m0/s1. The van der Waals surface area contributed by atoms with Gasteiger partial charge in [0.25, 0.3) is 0 Å². The van der Waals surface area contributed by atoms with Crippen molar-refractivity contribution in [3.63, 3.8) is 0 Å². The fraction of sp³-hybridized carbons (Fsp3) is 0.533. The molecule has 0 radical (unpaired) electrons. The van der Waals surface area contributed by atoms with Crippen LogP contribution in [0.2, 0.25) is 5.02 Å². The van der Waals surface area contributed by atoms with Crippen LogP contribution in [0.1, 0.15) is 44.7 Å². The Morgan fingerprint density at radius 3 is 2.36 bits per heavy atom. The lowest BCUT2D eigenvalue weighted by molar-refractivity contribution is -0.122. The van der Waals surface area contributed by atoms with Crippen molar-refractivity contribution in [3.05, 3.63) is 34.9 Å². The average Bonchev–Trinajstić information content (AvgIpc) is 2.37. The zero-order chi connectivity index (χ0) is 16.8. The summed E-state index contributed by atoms with van der Waals surface area (Å²) < 4.78 is 25.5. The number of hydrogen-bond donors (Lipinski definition) is 2. The quantitative estimate of drug-likeness (QED) is 0.759. The SMILES string of the molecule is CCC[C@H](C)NC(=O)C[C@H](NS(C)(=O)=O)c1ccc(Cl)cc1. The largest absolute Gasteiger partial charge is 0.354 e. The molecule has 0 saturated heterocycles.